The van der Waals surface area contributed by atoms with Crippen molar-refractivity contribution < 1.29 is 4.52 Å². The highest BCUT2D eigenvalue weighted by atomic mass is 31.1. The first-order valence-corrected chi connectivity index (χ1v) is 3.88. The first kappa shape index (κ1) is 8.13. The standard InChI is InChI=1S/C6H13OP/c1-4-8-7-5-6(2)3/h8H,2,4-5H2,1,3H3. The molecule has 8 heavy (non-hydrogen) atoms. The van der Waals surface area contributed by atoms with Crippen LogP contribution in [0.15, 0.2) is 12.2 Å². The molecule has 1 atom stereocenters. The summed E-state index contributed by atoms with van der Waals surface area (Å²) < 4.78 is 5.17. The minimum Gasteiger partial charge on any atom is -0.358 e. The van der Waals surface area contributed by atoms with E-state index in [1.807, 2.05) is 6.92 Å². The van der Waals surface area contributed by atoms with E-state index in [9.17, 15) is 0 Å². The molecule has 0 saturated carbocycles. The van der Waals surface area contributed by atoms with Crippen LogP contribution >= 0.6 is 8.81 Å². The summed E-state index contributed by atoms with van der Waals surface area (Å²) in [5.74, 6) is 0. The minimum absolute atomic E-state index is 0.647. The average molecular weight is 132 g/mol. The molecule has 0 aliphatic rings. The second-order valence-corrected chi connectivity index (χ2v) is 3.03. The first-order valence-electron chi connectivity index (χ1n) is 2.76. The number of hydrogen-bond donors (Lipinski definition) is 0. The fourth-order valence-electron chi connectivity index (χ4n) is 0.276. The van der Waals surface area contributed by atoms with Gasteiger partial charge in [0.25, 0.3) is 0 Å². The molecule has 1 unspecified atom stereocenters. The Morgan fingerprint density at radius 2 is 2.38 bits per heavy atom. The fourth-order valence-corrected chi connectivity index (χ4v) is 0.829. The van der Waals surface area contributed by atoms with Gasteiger partial charge in [0.15, 0.2) is 0 Å². The zero-order valence-corrected chi connectivity index (χ0v) is 6.53. The van der Waals surface area contributed by atoms with Gasteiger partial charge >= 0.3 is 0 Å². The lowest BCUT2D eigenvalue weighted by Gasteiger charge is -1.98. The highest BCUT2D eigenvalue weighted by Gasteiger charge is 1.83. The molecular weight excluding hydrogens is 119 g/mol. The highest BCUT2D eigenvalue weighted by molar-refractivity contribution is 7.32. The normalized spacial score (nSPS) is 10.8. The van der Waals surface area contributed by atoms with E-state index in [0.29, 0.717) is 8.81 Å². The summed E-state index contributed by atoms with van der Waals surface area (Å²) in [4.78, 5) is 0. The Hall–Kier alpha value is 0.130. The Kier molecular flexibility index (Phi) is 5.36. The van der Waals surface area contributed by atoms with Gasteiger partial charge in [0.05, 0.1) is 6.61 Å². The van der Waals surface area contributed by atoms with Crippen molar-refractivity contribution in [3.63, 3.8) is 0 Å². The van der Waals surface area contributed by atoms with Gasteiger partial charge in [-0.3, -0.25) is 0 Å². The van der Waals surface area contributed by atoms with Crippen LogP contribution in [0.5, 0.6) is 0 Å². The summed E-state index contributed by atoms with van der Waals surface area (Å²) >= 11 is 0. The maximum absolute atomic E-state index is 5.17. The summed E-state index contributed by atoms with van der Waals surface area (Å²) in [6.45, 7) is 8.52. The van der Waals surface area contributed by atoms with Gasteiger partial charge in [-0.15, -0.1) is 0 Å². The van der Waals surface area contributed by atoms with Crippen LogP contribution in [-0.4, -0.2) is 12.8 Å². The quantitative estimate of drug-likeness (QED) is 0.323. The van der Waals surface area contributed by atoms with Crippen molar-refractivity contribution in [2.45, 2.75) is 13.8 Å². The Bertz CT molecular complexity index is 70.9. The van der Waals surface area contributed by atoms with Gasteiger partial charge < -0.3 is 4.52 Å². The van der Waals surface area contributed by atoms with E-state index in [2.05, 4.69) is 13.5 Å². The second-order valence-electron chi connectivity index (χ2n) is 1.74. The first-order chi connectivity index (χ1) is 3.77. The van der Waals surface area contributed by atoms with E-state index in [1.54, 1.807) is 0 Å². The molecule has 0 aromatic rings. The van der Waals surface area contributed by atoms with Gasteiger partial charge in [0.2, 0.25) is 0 Å². The zero-order valence-electron chi connectivity index (χ0n) is 5.53. The van der Waals surface area contributed by atoms with Crippen LogP contribution in [0.2, 0.25) is 0 Å². The molecule has 0 bridgehead atoms. The van der Waals surface area contributed by atoms with Crippen LogP contribution in [0.25, 0.3) is 0 Å². The predicted octanol–water partition coefficient (Wildman–Crippen LogP) is 2.19. The monoisotopic (exact) mass is 132 g/mol. The minimum atomic E-state index is 0.647. The van der Waals surface area contributed by atoms with Gasteiger partial charge in [-0.2, -0.15) is 0 Å². The summed E-state index contributed by atoms with van der Waals surface area (Å²) in [6, 6.07) is 0. The molecule has 0 spiro atoms. The van der Waals surface area contributed by atoms with Gasteiger partial charge in [-0.1, -0.05) is 19.1 Å². The van der Waals surface area contributed by atoms with Gasteiger partial charge in [0.1, 0.15) is 0 Å². The third-order valence-corrected chi connectivity index (χ3v) is 1.20. The van der Waals surface area contributed by atoms with Crippen molar-refractivity contribution in [1.82, 2.24) is 0 Å². The predicted molar refractivity (Wildman–Crippen MR) is 39.6 cm³/mol. The molecule has 0 aromatic carbocycles. The zero-order chi connectivity index (χ0) is 6.41. The second kappa shape index (κ2) is 5.27. The molecule has 0 heterocycles. The van der Waals surface area contributed by atoms with E-state index < -0.39 is 0 Å². The Labute approximate surface area is 53.0 Å². The van der Waals surface area contributed by atoms with Crippen molar-refractivity contribution in [3.8, 4) is 0 Å². The maximum Gasteiger partial charge on any atom is 0.0710 e. The van der Waals surface area contributed by atoms with Gasteiger partial charge in [0, 0.05) is 8.81 Å². The summed E-state index contributed by atoms with van der Waals surface area (Å²) in [7, 11) is 0.647. The van der Waals surface area contributed by atoms with Crippen molar-refractivity contribution in [1.29, 1.82) is 0 Å². The third-order valence-electron chi connectivity index (χ3n) is 0.565. The highest BCUT2D eigenvalue weighted by Crippen LogP contribution is 2.10. The van der Waals surface area contributed by atoms with Crippen LogP contribution in [0.3, 0.4) is 0 Å². The van der Waals surface area contributed by atoms with E-state index in [0.717, 1.165) is 18.3 Å². The van der Waals surface area contributed by atoms with E-state index >= 15 is 0 Å². The molecule has 0 fully saturated rings. The summed E-state index contributed by atoms with van der Waals surface area (Å²) in [5.41, 5.74) is 1.10. The molecule has 0 rings (SSSR count). The molecule has 0 N–H and O–H groups in total. The van der Waals surface area contributed by atoms with E-state index in [-0.39, 0.29) is 0 Å². The Balaban J connectivity index is 2.82. The SMILES string of the molecule is C=C(C)COPCC. The van der Waals surface area contributed by atoms with Crippen LogP contribution < -0.4 is 0 Å². The topological polar surface area (TPSA) is 9.23 Å². The van der Waals surface area contributed by atoms with Crippen molar-refractivity contribution >= 4 is 8.81 Å². The molecule has 2 heteroatoms. The average Bonchev–Trinajstić information content (AvgIpc) is 1.66. The third kappa shape index (κ3) is 6.13. The lowest BCUT2D eigenvalue weighted by Crippen LogP contribution is -1.84. The molecule has 0 aliphatic heterocycles. The molecule has 0 aromatic heterocycles. The molecule has 0 saturated heterocycles. The van der Waals surface area contributed by atoms with Crippen LogP contribution in [0, 0.1) is 0 Å². The van der Waals surface area contributed by atoms with Crippen molar-refractivity contribution in [2.24, 2.45) is 0 Å². The van der Waals surface area contributed by atoms with Gasteiger partial charge in [-0.05, 0) is 13.1 Å². The van der Waals surface area contributed by atoms with E-state index in [4.69, 9.17) is 4.52 Å². The molecule has 0 radical (unpaired) electrons. The van der Waals surface area contributed by atoms with Gasteiger partial charge in [-0.25, -0.2) is 0 Å². The summed E-state index contributed by atoms with van der Waals surface area (Å²) in [6.07, 6.45) is 1.12. The fraction of sp³-hybridized carbons (Fsp3) is 0.667. The molecule has 48 valence electrons. The lowest BCUT2D eigenvalue weighted by molar-refractivity contribution is 0.404. The van der Waals surface area contributed by atoms with Crippen molar-refractivity contribution in [3.05, 3.63) is 12.2 Å². The molecule has 0 amide bonds. The lowest BCUT2D eigenvalue weighted by atomic mass is 10.4. The molecule has 1 nitrogen and oxygen atoms in total. The van der Waals surface area contributed by atoms with E-state index in [1.165, 1.54) is 0 Å². The number of rotatable bonds is 4. The largest absolute Gasteiger partial charge is 0.358 e. The smallest absolute Gasteiger partial charge is 0.0710 e. The van der Waals surface area contributed by atoms with Crippen LogP contribution in [-0.2, 0) is 4.52 Å². The number of hydrogen-bond acceptors (Lipinski definition) is 1. The molecular formula is C6H13OP. The van der Waals surface area contributed by atoms with Crippen molar-refractivity contribution in [2.75, 3.05) is 12.8 Å². The molecule has 0 aliphatic carbocycles. The van der Waals surface area contributed by atoms with Crippen LogP contribution in [0.1, 0.15) is 13.8 Å². The Morgan fingerprint density at radius 1 is 1.75 bits per heavy atom. The van der Waals surface area contributed by atoms with Crippen LogP contribution in [0.4, 0.5) is 0 Å². The summed E-state index contributed by atoms with van der Waals surface area (Å²) in [5, 5.41) is 0. The Morgan fingerprint density at radius 3 is 2.75 bits per heavy atom. The maximum atomic E-state index is 5.17.